The van der Waals surface area contributed by atoms with Crippen LogP contribution in [0.15, 0.2) is 71.7 Å². The SMILES string of the molecule is Cc1cc(C)cc(N=C(N)SC(c2ccc(F)cc2)c2ccc(F)cc2)c1. The molecule has 3 rings (SSSR count). The van der Waals surface area contributed by atoms with Gasteiger partial charge in [-0.25, -0.2) is 13.8 Å². The third-order valence-corrected chi connectivity index (χ3v) is 5.14. The van der Waals surface area contributed by atoms with E-state index < -0.39 is 0 Å². The lowest BCUT2D eigenvalue weighted by atomic mass is 10.0. The summed E-state index contributed by atoms with van der Waals surface area (Å²) in [7, 11) is 0. The molecule has 0 saturated carbocycles. The van der Waals surface area contributed by atoms with Gasteiger partial charge < -0.3 is 5.73 Å². The van der Waals surface area contributed by atoms with Crippen LogP contribution >= 0.6 is 11.8 Å². The minimum absolute atomic E-state index is 0.221. The van der Waals surface area contributed by atoms with Gasteiger partial charge in [-0.15, -0.1) is 0 Å². The summed E-state index contributed by atoms with van der Waals surface area (Å²) in [5.41, 5.74) is 10.9. The predicted octanol–water partition coefficient (Wildman–Crippen LogP) is 6.05. The van der Waals surface area contributed by atoms with Gasteiger partial charge in [0.05, 0.1) is 10.9 Å². The lowest BCUT2D eigenvalue weighted by Crippen LogP contribution is -2.10. The molecule has 138 valence electrons. The highest BCUT2D eigenvalue weighted by Gasteiger charge is 2.17. The molecule has 2 N–H and O–H groups in total. The van der Waals surface area contributed by atoms with Crippen molar-refractivity contribution >= 4 is 22.6 Å². The number of aliphatic imine (C=N–C) groups is 1. The van der Waals surface area contributed by atoms with Crippen molar-refractivity contribution in [2.75, 3.05) is 0 Å². The third kappa shape index (κ3) is 5.17. The molecule has 0 aliphatic rings. The molecule has 0 aliphatic heterocycles. The highest BCUT2D eigenvalue weighted by Crippen LogP contribution is 2.36. The van der Waals surface area contributed by atoms with Gasteiger partial charge in [-0.3, -0.25) is 0 Å². The van der Waals surface area contributed by atoms with Crippen molar-refractivity contribution in [1.29, 1.82) is 0 Å². The Morgan fingerprint density at radius 3 is 1.70 bits per heavy atom. The number of hydrogen-bond acceptors (Lipinski definition) is 2. The monoisotopic (exact) mass is 382 g/mol. The highest BCUT2D eigenvalue weighted by atomic mass is 32.2. The molecule has 0 aliphatic carbocycles. The van der Waals surface area contributed by atoms with E-state index in [-0.39, 0.29) is 16.9 Å². The quantitative estimate of drug-likeness (QED) is 0.440. The molecule has 0 amide bonds. The van der Waals surface area contributed by atoms with Crippen LogP contribution in [0.5, 0.6) is 0 Å². The van der Waals surface area contributed by atoms with Crippen LogP contribution < -0.4 is 5.73 Å². The predicted molar refractivity (Wildman–Crippen MR) is 109 cm³/mol. The van der Waals surface area contributed by atoms with E-state index >= 15 is 0 Å². The molecule has 0 atom stereocenters. The van der Waals surface area contributed by atoms with E-state index in [1.54, 1.807) is 24.3 Å². The fraction of sp³-hybridized carbons (Fsp3) is 0.136. The van der Waals surface area contributed by atoms with Gasteiger partial charge in [-0.05, 0) is 72.5 Å². The van der Waals surface area contributed by atoms with Crippen LogP contribution in [-0.4, -0.2) is 5.17 Å². The standard InChI is InChI=1S/C22H20F2N2S/c1-14-11-15(2)13-20(12-14)26-22(25)27-21(16-3-7-18(23)8-4-16)17-5-9-19(24)10-6-17/h3-13,21H,1-2H3,(H2,25,26). The van der Waals surface area contributed by atoms with Crippen LogP contribution in [0, 0.1) is 25.5 Å². The molecule has 0 heterocycles. The Kier molecular flexibility index (Phi) is 5.91. The molecule has 0 aromatic heterocycles. The second kappa shape index (κ2) is 8.35. The number of aryl methyl sites for hydroxylation is 2. The summed E-state index contributed by atoms with van der Waals surface area (Å²) in [6.45, 7) is 4.02. The van der Waals surface area contributed by atoms with Gasteiger partial charge >= 0.3 is 0 Å². The van der Waals surface area contributed by atoms with E-state index in [1.165, 1.54) is 36.0 Å². The normalized spacial score (nSPS) is 11.8. The smallest absolute Gasteiger partial charge is 0.160 e. The minimum Gasteiger partial charge on any atom is -0.378 e. The number of hydrogen-bond donors (Lipinski definition) is 1. The van der Waals surface area contributed by atoms with Gasteiger partial charge in [0.1, 0.15) is 11.6 Å². The number of halogens is 2. The van der Waals surface area contributed by atoms with Gasteiger partial charge in [0.2, 0.25) is 0 Å². The van der Waals surface area contributed by atoms with Crippen molar-refractivity contribution in [1.82, 2.24) is 0 Å². The largest absolute Gasteiger partial charge is 0.378 e. The molecule has 0 saturated heterocycles. The molecular weight excluding hydrogens is 362 g/mol. The van der Waals surface area contributed by atoms with Gasteiger partial charge in [-0.2, -0.15) is 0 Å². The van der Waals surface area contributed by atoms with Crippen LogP contribution in [0.4, 0.5) is 14.5 Å². The van der Waals surface area contributed by atoms with E-state index in [1.807, 2.05) is 26.0 Å². The zero-order chi connectivity index (χ0) is 19.4. The summed E-state index contributed by atoms with van der Waals surface area (Å²) in [4.78, 5) is 4.52. The second-order valence-corrected chi connectivity index (χ2v) is 7.52. The summed E-state index contributed by atoms with van der Waals surface area (Å²) in [5, 5.41) is 0.166. The molecule has 0 fully saturated rings. The molecule has 0 spiro atoms. The van der Waals surface area contributed by atoms with Crippen molar-refractivity contribution in [3.8, 4) is 0 Å². The lowest BCUT2D eigenvalue weighted by molar-refractivity contribution is 0.626. The average Bonchev–Trinajstić information content (AvgIpc) is 2.60. The van der Waals surface area contributed by atoms with Crippen molar-refractivity contribution in [3.05, 3.63) is 101 Å². The Labute approximate surface area is 162 Å². The molecule has 3 aromatic rings. The van der Waals surface area contributed by atoms with Crippen molar-refractivity contribution in [3.63, 3.8) is 0 Å². The van der Waals surface area contributed by atoms with Gasteiger partial charge in [0.15, 0.2) is 5.17 Å². The Morgan fingerprint density at radius 2 is 1.26 bits per heavy atom. The molecule has 27 heavy (non-hydrogen) atoms. The lowest BCUT2D eigenvalue weighted by Gasteiger charge is -2.17. The topological polar surface area (TPSA) is 38.4 Å². The first-order valence-corrected chi connectivity index (χ1v) is 9.39. The Morgan fingerprint density at radius 1 is 0.815 bits per heavy atom. The summed E-state index contributed by atoms with van der Waals surface area (Å²) >= 11 is 1.35. The van der Waals surface area contributed by atoms with Gasteiger partial charge in [0, 0.05) is 0 Å². The van der Waals surface area contributed by atoms with Crippen LogP contribution in [-0.2, 0) is 0 Å². The number of thioether (sulfide) groups is 1. The summed E-state index contributed by atoms with van der Waals surface area (Å²) in [6, 6.07) is 18.5. The average molecular weight is 382 g/mol. The van der Waals surface area contributed by atoms with Crippen LogP contribution in [0.2, 0.25) is 0 Å². The fourth-order valence-corrected chi connectivity index (χ4v) is 3.88. The van der Waals surface area contributed by atoms with Crippen LogP contribution in [0.1, 0.15) is 27.5 Å². The molecular formula is C22H20F2N2S. The molecule has 0 bridgehead atoms. The molecule has 0 radical (unpaired) electrons. The summed E-state index contributed by atoms with van der Waals surface area (Å²) < 4.78 is 26.7. The first kappa shape index (κ1) is 19.1. The van der Waals surface area contributed by atoms with E-state index in [0.717, 1.165) is 27.9 Å². The summed E-state index contributed by atoms with van der Waals surface area (Å²) in [6.07, 6.45) is 0. The van der Waals surface area contributed by atoms with E-state index in [2.05, 4.69) is 11.1 Å². The van der Waals surface area contributed by atoms with Crippen molar-refractivity contribution < 1.29 is 8.78 Å². The molecule has 2 nitrogen and oxygen atoms in total. The van der Waals surface area contributed by atoms with E-state index in [9.17, 15) is 8.78 Å². The van der Waals surface area contributed by atoms with Gasteiger partial charge in [0.25, 0.3) is 0 Å². The van der Waals surface area contributed by atoms with Crippen molar-refractivity contribution in [2.45, 2.75) is 19.1 Å². The van der Waals surface area contributed by atoms with Crippen LogP contribution in [0.3, 0.4) is 0 Å². The minimum atomic E-state index is -0.307. The van der Waals surface area contributed by atoms with Crippen LogP contribution in [0.25, 0.3) is 0 Å². The maximum Gasteiger partial charge on any atom is 0.160 e. The summed E-state index contributed by atoms with van der Waals surface area (Å²) in [5.74, 6) is -0.614. The third-order valence-electron chi connectivity index (χ3n) is 4.03. The Bertz CT molecular complexity index is 885. The highest BCUT2D eigenvalue weighted by molar-refractivity contribution is 8.14. The zero-order valence-corrected chi connectivity index (χ0v) is 15.9. The first-order chi connectivity index (χ1) is 12.9. The maximum atomic E-state index is 13.3. The number of nitrogens with zero attached hydrogens (tertiary/aromatic N) is 1. The Balaban J connectivity index is 1.93. The zero-order valence-electron chi connectivity index (χ0n) is 15.1. The molecule has 0 unspecified atom stereocenters. The number of amidine groups is 1. The van der Waals surface area contributed by atoms with Crippen molar-refractivity contribution in [2.24, 2.45) is 10.7 Å². The number of rotatable bonds is 4. The maximum absolute atomic E-state index is 13.3. The Hall–Kier alpha value is -2.66. The molecule has 5 heteroatoms. The molecule has 3 aromatic carbocycles. The second-order valence-electron chi connectivity index (χ2n) is 6.40. The fourth-order valence-electron chi connectivity index (χ4n) is 2.89. The number of nitrogens with two attached hydrogens (primary N) is 1. The van der Waals surface area contributed by atoms with E-state index in [4.69, 9.17) is 5.73 Å². The van der Waals surface area contributed by atoms with Gasteiger partial charge in [-0.1, -0.05) is 42.1 Å². The first-order valence-electron chi connectivity index (χ1n) is 8.51. The van der Waals surface area contributed by atoms with E-state index in [0.29, 0.717) is 5.17 Å². The number of benzene rings is 3.